The molecule has 2 unspecified atom stereocenters. The summed E-state index contributed by atoms with van der Waals surface area (Å²) in [4.78, 5) is 0. The van der Waals surface area contributed by atoms with Crippen molar-refractivity contribution in [2.75, 3.05) is 6.54 Å². The van der Waals surface area contributed by atoms with Gasteiger partial charge in [-0.2, -0.15) is 0 Å². The molecule has 2 atom stereocenters. The molecule has 114 valence electrons. The van der Waals surface area contributed by atoms with Gasteiger partial charge in [0.2, 0.25) is 0 Å². The Bertz CT molecular complexity index is 385. The molecule has 0 aliphatic heterocycles. The number of benzene rings is 1. The van der Waals surface area contributed by atoms with Gasteiger partial charge in [0.15, 0.2) is 0 Å². The van der Waals surface area contributed by atoms with Crippen molar-refractivity contribution < 1.29 is 0 Å². The maximum Gasteiger partial charge on any atom is 0.0353 e. The van der Waals surface area contributed by atoms with Crippen molar-refractivity contribution in [3.05, 3.63) is 34.4 Å². The van der Waals surface area contributed by atoms with Crippen LogP contribution in [0.5, 0.6) is 0 Å². The molecule has 0 aromatic heterocycles. The molecule has 1 N–H and O–H groups in total. The lowest BCUT2D eigenvalue weighted by atomic mass is 9.82. The van der Waals surface area contributed by atoms with E-state index in [1.165, 1.54) is 42.4 Å². The first kappa shape index (κ1) is 17.2. The van der Waals surface area contributed by atoms with Crippen LogP contribution >= 0.6 is 0 Å². The van der Waals surface area contributed by atoms with Crippen LogP contribution in [0.2, 0.25) is 0 Å². The maximum atomic E-state index is 3.76. The lowest BCUT2D eigenvalue weighted by Crippen LogP contribution is -2.29. The summed E-state index contributed by atoms with van der Waals surface area (Å²) in [6.45, 7) is 14.6. The van der Waals surface area contributed by atoms with E-state index in [4.69, 9.17) is 0 Å². The van der Waals surface area contributed by atoms with Crippen LogP contribution in [0.25, 0.3) is 0 Å². The summed E-state index contributed by atoms with van der Waals surface area (Å²) in [5.74, 6) is 0.745. The standard InChI is InChI=1S/C19H33N/c1-7-10-11-17(8-2)19(20-9-3)18-15(5)12-14(4)13-16(18)6/h12-13,17,19-20H,7-11H2,1-6H3. The van der Waals surface area contributed by atoms with Gasteiger partial charge in [0, 0.05) is 6.04 Å². The van der Waals surface area contributed by atoms with Crippen LogP contribution in [-0.4, -0.2) is 6.54 Å². The highest BCUT2D eigenvalue weighted by Crippen LogP contribution is 2.33. The van der Waals surface area contributed by atoms with E-state index in [0.29, 0.717) is 6.04 Å². The molecule has 1 heteroatoms. The summed E-state index contributed by atoms with van der Waals surface area (Å²) in [6.07, 6.45) is 5.22. The van der Waals surface area contributed by atoms with Gasteiger partial charge in [-0.3, -0.25) is 0 Å². The molecule has 0 amide bonds. The van der Waals surface area contributed by atoms with Crippen molar-refractivity contribution in [1.82, 2.24) is 5.32 Å². The molecular weight excluding hydrogens is 242 g/mol. The zero-order valence-corrected chi connectivity index (χ0v) is 14.3. The Balaban J connectivity index is 3.11. The van der Waals surface area contributed by atoms with Crippen molar-refractivity contribution in [2.45, 2.75) is 73.3 Å². The first-order valence-electron chi connectivity index (χ1n) is 8.36. The third-order valence-electron chi connectivity index (χ3n) is 4.40. The molecule has 0 saturated carbocycles. The van der Waals surface area contributed by atoms with E-state index in [2.05, 4.69) is 59.0 Å². The van der Waals surface area contributed by atoms with Crippen LogP contribution < -0.4 is 5.32 Å². The Morgan fingerprint density at radius 1 is 1.00 bits per heavy atom. The largest absolute Gasteiger partial charge is 0.310 e. The van der Waals surface area contributed by atoms with E-state index in [1.807, 2.05) is 0 Å². The Morgan fingerprint density at radius 2 is 1.60 bits per heavy atom. The second-order valence-electron chi connectivity index (χ2n) is 6.16. The van der Waals surface area contributed by atoms with Crippen LogP contribution in [-0.2, 0) is 0 Å². The molecule has 0 bridgehead atoms. The van der Waals surface area contributed by atoms with Gasteiger partial charge in [0.25, 0.3) is 0 Å². The minimum atomic E-state index is 0.511. The second-order valence-corrected chi connectivity index (χ2v) is 6.16. The van der Waals surface area contributed by atoms with Gasteiger partial charge in [-0.1, -0.05) is 57.7 Å². The van der Waals surface area contributed by atoms with Gasteiger partial charge in [-0.05, 0) is 56.3 Å². The fraction of sp³-hybridized carbons (Fsp3) is 0.684. The molecule has 0 heterocycles. The van der Waals surface area contributed by atoms with Crippen LogP contribution in [0, 0.1) is 26.7 Å². The number of nitrogens with one attached hydrogen (secondary N) is 1. The Kier molecular flexibility index (Phi) is 7.29. The Labute approximate surface area is 126 Å². The van der Waals surface area contributed by atoms with Gasteiger partial charge in [0.05, 0.1) is 0 Å². The highest BCUT2D eigenvalue weighted by atomic mass is 14.9. The monoisotopic (exact) mass is 275 g/mol. The molecule has 0 saturated heterocycles. The molecule has 1 aromatic rings. The summed E-state index contributed by atoms with van der Waals surface area (Å²) < 4.78 is 0. The molecule has 1 rings (SSSR count). The van der Waals surface area contributed by atoms with Crippen LogP contribution in [0.1, 0.15) is 74.8 Å². The fourth-order valence-electron chi connectivity index (χ4n) is 3.48. The summed E-state index contributed by atoms with van der Waals surface area (Å²) in [6, 6.07) is 5.18. The van der Waals surface area contributed by atoms with Gasteiger partial charge in [0.1, 0.15) is 0 Å². The van der Waals surface area contributed by atoms with E-state index < -0.39 is 0 Å². The van der Waals surface area contributed by atoms with E-state index >= 15 is 0 Å². The summed E-state index contributed by atoms with van der Waals surface area (Å²) in [5.41, 5.74) is 5.81. The van der Waals surface area contributed by atoms with Gasteiger partial charge in [-0.25, -0.2) is 0 Å². The highest BCUT2D eigenvalue weighted by Gasteiger charge is 2.23. The second kappa shape index (κ2) is 8.46. The van der Waals surface area contributed by atoms with Crippen molar-refractivity contribution in [3.8, 4) is 0 Å². The molecule has 1 nitrogen and oxygen atoms in total. The first-order chi connectivity index (χ1) is 9.54. The van der Waals surface area contributed by atoms with Gasteiger partial charge < -0.3 is 5.32 Å². The van der Waals surface area contributed by atoms with Crippen LogP contribution in [0.3, 0.4) is 0 Å². The highest BCUT2D eigenvalue weighted by molar-refractivity contribution is 5.40. The van der Waals surface area contributed by atoms with Crippen molar-refractivity contribution in [1.29, 1.82) is 0 Å². The van der Waals surface area contributed by atoms with Crippen LogP contribution in [0.15, 0.2) is 12.1 Å². The first-order valence-corrected chi connectivity index (χ1v) is 8.36. The lowest BCUT2D eigenvalue weighted by Gasteiger charge is -2.30. The number of hydrogen-bond acceptors (Lipinski definition) is 1. The van der Waals surface area contributed by atoms with Gasteiger partial charge in [-0.15, -0.1) is 0 Å². The number of rotatable bonds is 8. The smallest absolute Gasteiger partial charge is 0.0353 e. The summed E-state index contributed by atoms with van der Waals surface area (Å²) in [5, 5.41) is 3.76. The summed E-state index contributed by atoms with van der Waals surface area (Å²) in [7, 11) is 0. The number of unbranched alkanes of at least 4 members (excludes halogenated alkanes) is 1. The SMILES string of the molecule is CCCCC(CC)C(NCC)c1c(C)cc(C)cc1C. The Hall–Kier alpha value is -0.820. The minimum Gasteiger partial charge on any atom is -0.310 e. The topological polar surface area (TPSA) is 12.0 Å². The average molecular weight is 275 g/mol. The quantitative estimate of drug-likeness (QED) is 0.662. The maximum absolute atomic E-state index is 3.76. The molecule has 0 spiro atoms. The Morgan fingerprint density at radius 3 is 2.05 bits per heavy atom. The molecule has 20 heavy (non-hydrogen) atoms. The van der Waals surface area contributed by atoms with E-state index in [0.717, 1.165) is 12.5 Å². The normalized spacial score (nSPS) is 14.3. The number of hydrogen-bond donors (Lipinski definition) is 1. The van der Waals surface area contributed by atoms with Crippen molar-refractivity contribution in [3.63, 3.8) is 0 Å². The number of aryl methyl sites for hydroxylation is 3. The van der Waals surface area contributed by atoms with E-state index in [9.17, 15) is 0 Å². The zero-order chi connectivity index (χ0) is 15.1. The molecule has 0 aliphatic rings. The van der Waals surface area contributed by atoms with E-state index in [-0.39, 0.29) is 0 Å². The molecular formula is C19H33N. The van der Waals surface area contributed by atoms with Crippen LogP contribution in [0.4, 0.5) is 0 Å². The fourth-order valence-corrected chi connectivity index (χ4v) is 3.48. The van der Waals surface area contributed by atoms with Crippen molar-refractivity contribution in [2.24, 2.45) is 5.92 Å². The predicted octanol–water partition coefficient (Wildman–Crippen LogP) is 5.48. The molecule has 0 fully saturated rings. The average Bonchev–Trinajstić information content (AvgIpc) is 2.38. The molecule has 0 aliphatic carbocycles. The minimum absolute atomic E-state index is 0.511. The predicted molar refractivity (Wildman–Crippen MR) is 90.4 cm³/mol. The lowest BCUT2D eigenvalue weighted by molar-refractivity contribution is 0.326. The summed E-state index contributed by atoms with van der Waals surface area (Å²) >= 11 is 0. The molecule has 0 radical (unpaired) electrons. The van der Waals surface area contributed by atoms with Gasteiger partial charge >= 0.3 is 0 Å². The molecule has 1 aromatic carbocycles. The third kappa shape index (κ3) is 4.34. The van der Waals surface area contributed by atoms with E-state index in [1.54, 1.807) is 5.56 Å². The van der Waals surface area contributed by atoms with Crippen molar-refractivity contribution >= 4 is 0 Å². The zero-order valence-electron chi connectivity index (χ0n) is 14.3. The third-order valence-corrected chi connectivity index (χ3v) is 4.40.